The molecule has 0 unspecified atom stereocenters. The number of thiol groups is 1. The second-order valence-corrected chi connectivity index (χ2v) is 6.22. The predicted molar refractivity (Wildman–Crippen MR) is 93.0 cm³/mol. The van der Waals surface area contributed by atoms with Gasteiger partial charge >= 0.3 is 0 Å². The number of nitriles is 2. The minimum atomic E-state index is 0.403. The molecule has 1 aliphatic rings. The second kappa shape index (κ2) is 6.94. The largest absolute Gasteiger partial charge is 0.355 e. The van der Waals surface area contributed by atoms with Crippen LogP contribution in [0, 0.1) is 22.7 Å². The van der Waals surface area contributed by atoms with Gasteiger partial charge in [0, 0.05) is 31.5 Å². The smallest absolute Gasteiger partial charge is 0.148 e. The Labute approximate surface area is 146 Å². The Balaban J connectivity index is 1.90. The van der Waals surface area contributed by atoms with Crippen molar-refractivity contribution in [2.45, 2.75) is 37.3 Å². The fourth-order valence-electron chi connectivity index (χ4n) is 3.29. The van der Waals surface area contributed by atoms with Crippen molar-refractivity contribution in [3.63, 3.8) is 0 Å². The van der Waals surface area contributed by atoms with E-state index in [0.29, 0.717) is 34.4 Å². The summed E-state index contributed by atoms with van der Waals surface area (Å²) in [6.45, 7) is 3.57. The number of piperidine rings is 1. The van der Waals surface area contributed by atoms with Crippen LogP contribution in [0.25, 0.3) is 0 Å². The van der Waals surface area contributed by atoms with Crippen LogP contribution in [0.1, 0.15) is 42.5 Å². The molecular weight excluding hydrogens is 320 g/mol. The summed E-state index contributed by atoms with van der Waals surface area (Å²) in [7, 11) is 0. The topological polar surface area (TPSA) is 81.5 Å². The molecule has 0 radical (unpaired) electrons. The van der Waals surface area contributed by atoms with Crippen LogP contribution in [0.2, 0.25) is 0 Å². The van der Waals surface area contributed by atoms with Crippen LogP contribution in [-0.4, -0.2) is 27.6 Å². The van der Waals surface area contributed by atoms with Gasteiger partial charge in [-0.15, -0.1) is 12.6 Å². The van der Waals surface area contributed by atoms with Crippen molar-refractivity contribution >= 4 is 18.4 Å². The number of imidazole rings is 1. The molecule has 1 saturated heterocycles. The van der Waals surface area contributed by atoms with Crippen molar-refractivity contribution in [1.29, 1.82) is 10.5 Å². The number of anilines is 1. The molecule has 0 spiro atoms. The average molecular weight is 338 g/mol. The molecule has 0 atom stereocenters. The second-order valence-electron chi connectivity index (χ2n) is 5.79. The fourth-order valence-corrected chi connectivity index (χ4v) is 3.57. The van der Waals surface area contributed by atoms with Crippen molar-refractivity contribution in [1.82, 2.24) is 14.5 Å². The lowest BCUT2D eigenvalue weighted by molar-refractivity contribution is 0.394. The van der Waals surface area contributed by atoms with Gasteiger partial charge in [0.05, 0.1) is 17.5 Å². The van der Waals surface area contributed by atoms with Crippen molar-refractivity contribution in [3.8, 4) is 12.1 Å². The lowest BCUT2D eigenvalue weighted by Crippen LogP contribution is -2.35. The highest BCUT2D eigenvalue weighted by atomic mass is 32.1. The standard InChI is InChI=1S/C17H18N6S/c1-2-13-14(9-18)16(21-17(24)15(13)10-19)22-6-3-12(4-7-22)23-8-5-20-11-23/h5,8,11-12H,2-4,6-7H2,1H3,(H,21,24). The molecule has 7 heteroatoms. The molecular formula is C17H18N6S. The molecule has 0 aromatic carbocycles. The first-order valence-electron chi connectivity index (χ1n) is 7.98. The van der Waals surface area contributed by atoms with E-state index in [9.17, 15) is 10.5 Å². The van der Waals surface area contributed by atoms with Crippen LogP contribution in [0.3, 0.4) is 0 Å². The zero-order valence-electron chi connectivity index (χ0n) is 13.5. The Bertz CT molecular complexity index is 807. The van der Waals surface area contributed by atoms with Gasteiger partial charge in [-0.3, -0.25) is 0 Å². The summed E-state index contributed by atoms with van der Waals surface area (Å²) in [5, 5.41) is 19.3. The summed E-state index contributed by atoms with van der Waals surface area (Å²) >= 11 is 4.36. The number of pyridine rings is 1. The van der Waals surface area contributed by atoms with Crippen LogP contribution in [0.5, 0.6) is 0 Å². The first-order valence-corrected chi connectivity index (χ1v) is 8.42. The lowest BCUT2D eigenvalue weighted by atomic mass is 10.00. The highest BCUT2D eigenvalue weighted by Gasteiger charge is 2.26. The molecule has 0 bridgehead atoms. The third kappa shape index (κ3) is 2.83. The van der Waals surface area contributed by atoms with Crippen molar-refractivity contribution in [2.75, 3.05) is 18.0 Å². The minimum absolute atomic E-state index is 0.403. The van der Waals surface area contributed by atoms with E-state index in [1.54, 1.807) is 6.20 Å². The zero-order chi connectivity index (χ0) is 17.1. The first kappa shape index (κ1) is 16.4. The Hall–Kier alpha value is -2.51. The molecule has 0 N–H and O–H groups in total. The molecule has 3 rings (SSSR count). The van der Waals surface area contributed by atoms with Gasteiger partial charge < -0.3 is 9.47 Å². The van der Waals surface area contributed by atoms with Crippen LogP contribution < -0.4 is 4.90 Å². The maximum atomic E-state index is 9.61. The molecule has 6 nitrogen and oxygen atoms in total. The number of nitrogens with zero attached hydrogens (tertiary/aromatic N) is 6. The molecule has 1 fully saturated rings. The van der Waals surface area contributed by atoms with Gasteiger partial charge in [0.1, 0.15) is 23.0 Å². The van der Waals surface area contributed by atoms with E-state index < -0.39 is 0 Å². The van der Waals surface area contributed by atoms with Crippen LogP contribution in [0.15, 0.2) is 23.7 Å². The monoisotopic (exact) mass is 338 g/mol. The minimum Gasteiger partial charge on any atom is -0.355 e. The van der Waals surface area contributed by atoms with E-state index in [1.165, 1.54) is 0 Å². The van der Waals surface area contributed by atoms with Crippen molar-refractivity contribution in [3.05, 3.63) is 35.4 Å². The Kier molecular flexibility index (Phi) is 4.73. The summed E-state index contributed by atoms with van der Waals surface area (Å²) in [5.74, 6) is 0.655. The summed E-state index contributed by atoms with van der Waals surface area (Å²) in [6, 6.07) is 4.80. The van der Waals surface area contributed by atoms with Gasteiger partial charge in [-0.25, -0.2) is 9.97 Å². The van der Waals surface area contributed by atoms with E-state index >= 15 is 0 Å². The number of rotatable bonds is 3. The van der Waals surface area contributed by atoms with Crippen LogP contribution >= 0.6 is 12.6 Å². The van der Waals surface area contributed by atoms with Gasteiger partial charge in [-0.2, -0.15) is 10.5 Å². The maximum Gasteiger partial charge on any atom is 0.148 e. The molecule has 24 heavy (non-hydrogen) atoms. The maximum absolute atomic E-state index is 9.61. The number of hydrogen-bond donors (Lipinski definition) is 1. The molecule has 2 aromatic rings. The summed E-state index contributed by atoms with van der Waals surface area (Å²) < 4.78 is 2.14. The van der Waals surface area contributed by atoms with Gasteiger partial charge in [-0.1, -0.05) is 6.92 Å². The fraction of sp³-hybridized carbons (Fsp3) is 0.412. The molecule has 2 aromatic heterocycles. The SMILES string of the molecule is CCc1c(C#N)c(S)nc(N2CCC(n3ccnc3)CC2)c1C#N. The molecule has 122 valence electrons. The van der Waals surface area contributed by atoms with Crippen LogP contribution in [0.4, 0.5) is 5.82 Å². The Morgan fingerprint density at radius 1 is 1.25 bits per heavy atom. The van der Waals surface area contributed by atoms with Crippen molar-refractivity contribution < 1.29 is 0 Å². The summed E-state index contributed by atoms with van der Waals surface area (Å²) in [5.41, 5.74) is 1.66. The summed E-state index contributed by atoms with van der Waals surface area (Å²) in [6.07, 6.45) is 8.17. The van der Waals surface area contributed by atoms with E-state index in [2.05, 4.69) is 44.2 Å². The zero-order valence-corrected chi connectivity index (χ0v) is 14.4. The van der Waals surface area contributed by atoms with E-state index in [4.69, 9.17) is 0 Å². The molecule has 1 aliphatic heterocycles. The number of hydrogen-bond acceptors (Lipinski definition) is 6. The van der Waals surface area contributed by atoms with E-state index in [0.717, 1.165) is 31.5 Å². The lowest BCUT2D eigenvalue weighted by Gasteiger charge is -2.34. The van der Waals surface area contributed by atoms with Gasteiger partial charge in [0.15, 0.2) is 0 Å². The Morgan fingerprint density at radius 3 is 2.50 bits per heavy atom. The van der Waals surface area contributed by atoms with E-state index in [-0.39, 0.29) is 0 Å². The predicted octanol–water partition coefficient (Wildman–Crippen LogP) is 2.71. The van der Waals surface area contributed by atoms with Gasteiger partial charge in [-0.05, 0) is 24.8 Å². The Morgan fingerprint density at radius 2 is 1.96 bits per heavy atom. The van der Waals surface area contributed by atoms with Gasteiger partial charge in [0.25, 0.3) is 0 Å². The van der Waals surface area contributed by atoms with Gasteiger partial charge in [0.2, 0.25) is 0 Å². The summed E-state index contributed by atoms with van der Waals surface area (Å²) in [4.78, 5) is 10.7. The molecule has 0 saturated carbocycles. The molecule has 0 amide bonds. The highest BCUT2D eigenvalue weighted by Crippen LogP contribution is 2.32. The van der Waals surface area contributed by atoms with Crippen molar-refractivity contribution in [2.24, 2.45) is 0 Å². The molecule has 3 heterocycles. The van der Waals surface area contributed by atoms with Crippen LogP contribution in [-0.2, 0) is 6.42 Å². The third-order valence-electron chi connectivity index (χ3n) is 4.55. The quantitative estimate of drug-likeness (QED) is 0.870. The molecule has 0 aliphatic carbocycles. The van der Waals surface area contributed by atoms with E-state index in [1.807, 2.05) is 19.4 Å². The number of aromatic nitrogens is 3. The normalized spacial score (nSPS) is 15.1. The highest BCUT2D eigenvalue weighted by molar-refractivity contribution is 7.80. The average Bonchev–Trinajstić information content (AvgIpc) is 3.15. The third-order valence-corrected chi connectivity index (χ3v) is 4.87. The first-order chi connectivity index (χ1) is 11.7.